The Morgan fingerprint density at radius 1 is 0.875 bits per heavy atom. The highest BCUT2D eigenvalue weighted by atomic mass is 35.5. The summed E-state index contributed by atoms with van der Waals surface area (Å²) in [5.74, 6) is 0.613. The monoisotopic (exact) mass is 448 g/mol. The van der Waals surface area contributed by atoms with Gasteiger partial charge in [0.1, 0.15) is 12.4 Å². The molecule has 0 unspecified atom stereocenters. The first kappa shape index (κ1) is 21.9. The first-order valence-corrected chi connectivity index (χ1v) is 11.0. The lowest BCUT2D eigenvalue weighted by Crippen LogP contribution is -2.48. The molecule has 3 aromatic carbocycles. The average molecular weight is 449 g/mol. The maximum absolute atomic E-state index is 13.2. The van der Waals surface area contributed by atoms with E-state index in [1.54, 1.807) is 6.92 Å². The maximum atomic E-state index is 13.2. The van der Waals surface area contributed by atoms with Crippen molar-refractivity contribution < 1.29 is 14.3 Å². The molecule has 1 aliphatic heterocycles. The third kappa shape index (κ3) is 5.11. The number of carbonyl (C=O) groups excluding carboxylic acids is 2. The number of amides is 1. The van der Waals surface area contributed by atoms with Crippen LogP contribution >= 0.6 is 11.6 Å². The molecule has 0 N–H and O–H groups in total. The van der Waals surface area contributed by atoms with Gasteiger partial charge in [-0.05, 0) is 61.0 Å². The fourth-order valence-corrected chi connectivity index (χ4v) is 3.88. The van der Waals surface area contributed by atoms with E-state index < -0.39 is 0 Å². The SMILES string of the molecule is CC(=O)c1ccc(N2CCN(C(=O)c3ccccc3OCc3ccc(Cl)cc3)CC2)cc1. The summed E-state index contributed by atoms with van der Waals surface area (Å²) >= 11 is 5.94. The van der Waals surface area contributed by atoms with E-state index in [9.17, 15) is 9.59 Å². The van der Waals surface area contributed by atoms with Crippen molar-refractivity contribution >= 4 is 29.0 Å². The molecular weight excluding hydrogens is 424 g/mol. The summed E-state index contributed by atoms with van der Waals surface area (Å²) in [4.78, 5) is 28.8. The highest BCUT2D eigenvalue weighted by Crippen LogP contribution is 2.24. The quantitative estimate of drug-likeness (QED) is 0.493. The van der Waals surface area contributed by atoms with Crippen molar-refractivity contribution in [1.82, 2.24) is 4.90 Å². The van der Waals surface area contributed by atoms with E-state index in [0.29, 0.717) is 41.6 Å². The summed E-state index contributed by atoms with van der Waals surface area (Å²) in [5, 5.41) is 0.679. The third-order valence-corrected chi connectivity index (χ3v) is 5.88. The minimum Gasteiger partial charge on any atom is -0.488 e. The average Bonchev–Trinajstić information content (AvgIpc) is 2.83. The van der Waals surface area contributed by atoms with Gasteiger partial charge in [-0.25, -0.2) is 0 Å². The van der Waals surface area contributed by atoms with Crippen molar-refractivity contribution in [2.24, 2.45) is 0 Å². The van der Waals surface area contributed by atoms with Gasteiger partial charge in [0, 0.05) is 42.5 Å². The minimum absolute atomic E-state index is 0.0247. The van der Waals surface area contributed by atoms with E-state index in [2.05, 4.69) is 4.90 Å². The van der Waals surface area contributed by atoms with Crippen LogP contribution in [-0.2, 0) is 6.61 Å². The Morgan fingerprint density at radius 2 is 1.53 bits per heavy atom. The van der Waals surface area contributed by atoms with E-state index >= 15 is 0 Å². The molecule has 1 amide bonds. The Bertz CT molecular complexity index is 1090. The summed E-state index contributed by atoms with van der Waals surface area (Å²) in [5.41, 5.74) is 3.33. The topological polar surface area (TPSA) is 49.9 Å². The minimum atomic E-state index is -0.0247. The number of ether oxygens (including phenoxy) is 1. The number of piperazine rings is 1. The fourth-order valence-electron chi connectivity index (χ4n) is 3.76. The standard InChI is InChI=1S/C26H25ClN2O3/c1-19(30)21-8-12-23(13-9-21)28-14-16-29(17-15-28)26(31)24-4-2-3-5-25(24)32-18-20-6-10-22(27)11-7-20/h2-13H,14-18H2,1H3. The van der Waals surface area contributed by atoms with Crippen molar-refractivity contribution in [2.75, 3.05) is 31.1 Å². The molecule has 1 saturated heterocycles. The highest BCUT2D eigenvalue weighted by molar-refractivity contribution is 6.30. The Hall–Kier alpha value is -3.31. The molecule has 5 nitrogen and oxygen atoms in total. The molecule has 32 heavy (non-hydrogen) atoms. The van der Waals surface area contributed by atoms with Crippen molar-refractivity contribution in [3.63, 3.8) is 0 Å². The van der Waals surface area contributed by atoms with Gasteiger partial charge < -0.3 is 14.5 Å². The Labute approximate surface area is 193 Å². The van der Waals surface area contributed by atoms with Gasteiger partial charge in [0.05, 0.1) is 5.56 Å². The lowest BCUT2D eigenvalue weighted by atomic mass is 10.1. The number of hydrogen-bond donors (Lipinski definition) is 0. The second-order valence-electron chi connectivity index (χ2n) is 7.79. The van der Waals surface area contributed by atoms with E-state index in [-0.39, 0.29) is 11.7 Å². The molecule has 1 fully saturated rings. The zero-order chi connectivity index (χ0) is 22.5. The molecule has 1 aliphatic rings. The predicted molar refractivity (Wildman–Crippen MR) is 127 cm³/mol. The molecule has 0 aliphatic carbocycles. The molecule has 1 heterocycles. The first-order valence-electron chi connectivity index (χ1n) is 10.6. The summed E-state index contributed by atoms with van der Waals surface area (Å²) in [6.45, 7) is 4.65. The van der Waals surface area contributed by atoms with Gasteiger partial charge >= 0.3 is 0 Å². The van der Waals surface area contributed by atoms with Crippen LogP contribution in [0.4, 0.5) is 5.69 Å². The lowest BCUT2D eigenvalue weighted by molar-refractivity contribution is 0.0741. The zero-order valence-corrected chi connectivity index (χ0v) is 18.7. The Morgan fingerprint density at radius 3 is 2.19 bits per heavy atom. The van der Waals surface area contributed by atoms with Gasteiger partial charge in [-0.2, -0.15) is 0 Å². The van der Waals surface area contributed by atoms with Crippen LogP contribution in [0.5, 0.6) is 5.75 Å². The lowest BCUT2D eigenvalue weighted by Gasteiger charge is -2.36. The highest BCUT2D eigenvalue weighted by Gasteiger charge is 2.24. The molecule has 3 aromatic rings. The smallest absolute Gasteiger partial charge is 0.257 e. The van der Waals surface area contributed by atoms with Crippen molar-refractivity contribution in [2.45, 2.75) is 13.5 Å². The number of para-hydroxylation sites is 1. The molecule has 4 rings (SSSR count). The molecule has 0 atom stereocenters. The van der Waals surface area contributed by atoms with E-state index in [4.69, 9.17) is 16.3 Å². The molecule has 0 spiro atoms. The van der Waals surface area contributed by atoms with E-state index in [1.807, 2.05) is 77.7 Å². The van der Waals surface area contributed by atoms with Gasteiger partial charge in [-0.1, -0.05) is 35.9 Å². The number of halogens is 1. The van der Waals surface area contributed by atoms with Crippen LogP contribution in [-0.4, -0.2) is 42.8 Å². The normalized spacial score (nSPS) is 13.7. The summed E-state index contributed by atoms with van der Waals surface area (Å²) in [6.07, 6.45) is 0. The van der Waals surface area contributed by atoms with Crippen LogP contribution in [0.25, 0.3) is 0 Å². The number of nitrogens with zero attached hydrogens (tertiary/aromatic N) is 2. The summed E-state index contributed by atoms with van der Waals surface area (Å²) in [7, 11) is 0. The Kier molecular flexibility index (Phi) is 6.76. The maximum Gasteiger partial charge on any atom is 0.257 e. The van der Waals surface area contributed by atoms with Crippen LogP contribution in [0.2, 0.25) is 5.02 Å². The second-order valence-corrected chi connectivity index (χ2v) is 8.23. The molecule has 164 valence electrons. The fraction of sp³-hybridized carbons (Fsp3) is 0.231. The molecule has 0 aromatic heterocycles. The number of Topliss-reactive ketones (excluding diaryl/α,β-unsaturated/α-hetero) is 1. The van der Waals surface area contributed by atoms with Crippen molar-refractivity contribution in [3.8, 4) is 5.75 Å². The number of anilines is 1. The van der Waals surface area contributed by atoms with Crippen LogP contribution in [0.1, 0.15) is 33.2 Å². The van der Waals surface area contributed by atoms with Crippen molar-refractivity contribution in [3.05, 3.63) is 94.5 Å². The Balaban J connectivity index is 1.38. The van der Waals surface area contributed by atoms with Gasteiger partial charge in [0.25, 0.3) is 5.91 Å². The molecule has 0 bridgehead atoms. The molecule has 6 heteroatoms. The van der Waals surface area contributed by atoms with Crippen LogP contribution in [0, 0.1) is 0 Å². The van der Waals surface area contributed by atoms with Crippen LogP contribution in [0.15, 0.2) is 72.8 Å². The summed E-state index contributed by atoms with van der Waals surface area (Å²) < 4.78 is 5.97. The summed E-state index contributed by atoms with van der Waals surface area (Å²) in [6, 6.07) is 22.5. The number of ketones is 1. The van der Waals surface area contributed by atoms with Crippen LogP contribution in [0.3, 0.4) is 0 Å². The number of carbonyl (C=O) groups is 2. The van der Waals surface area contributed by atoms with Gasteiger partial charge in [0.15, 0.2) is 5.78 Å². The number of hydrogen-bond acceptors (Lipinski definition) is 4. The first-order chi connectivity index (χ1) is 15.5. The molecule has 0 radical (unpaired) electrons. The molecule has 0 saturated carbocycles. The van der Waals surface area contributed by atoms with E-state index in [0.717, 1.165) is 24.3 Å². The number of benzene rings is 3. The predicted octanol–water partition coefficient (Wildman–Crippen LogP) is 5.08. The van der Waals surface area contributed by atoms with Crippen LogP contribution < -0.4 is 9.64 Å². The number of rotatable bonds is 6. The van der Waals surface area contributed by atoms with Gasteiger partial charge in [-0.3, -0.25) is 9.59 Å². The third-order valence-electron chi connectivity index (χ3n) is 5.63. The van der Waals surface area contributed by atoms with Crippen molar-refractivity contribution in [1.29, 1.82) is 0 Å². The molecular formula is C26H25ClN2O3. The largest absolute Gasteiger partial charge is 0.488 e. The zero-order valence-electron chi connectivity index (χ0n) is 18.0. The van der Waals surface area contributed by atoms with E-state index in [1.165, 1.54) is 0 Å². The second kappa shape index (κ2) is 9.88. The van der Waals surface area contributed by atoms with Gasteiger partial charge in [-0.15, -0.1) is 0 Å². The van der Waals surface area contributed by atoms with Gasteiger partial charge in [0.2, 0.25) is 0 Å².